The first-order chi connectivity index (χ1) is 23.9. The van der Waals surface area contributed by atoms with E-state index in [9.17, 15) is 24.0 Å². The zero-order valence-corrected chi connectivity index (χ0v) is 28.7. The number of hydrogen-bond donors (Lipinski definition) is 2. The lowest BCUT2D eigenvalue weighted by Gasteiger charge is -2.39. The minimum absolute atomic E-state index is 0.0867. The van der Waals surface area contributed by atoms with Crippen LogP contribution in [0.1, 0.15) is 97.7 Å². The van der Waals surface area contributed by atoms with Crippen LogP contribution < -0.4 is 15.5 Å². The summed E-state index contributed by atoms with van der Waals surface area (Å²) < 4.78 is 7.88. The Morgan fingerprint density at radius 2 is 1.70 bits per heavy atom. The number of hydrogen-bond acceptors (Lipinski definition) is 9. The monoisotopic (exact) mass is 681 g/mol. The number of benzene rings is 2. The summed E-state index contributed by atoms with van der Waals surface area (Å²) in [6, 6.07) is 10.9. The molecule has 0 bridgehead atoms. The van der Waals surface area contributed by atoms with Crippen LogP contribution in [0, 0.1) is 5.92 Å². The van der Waals surface area contributed by atoms with Crippen molar-refractivity contribution in [2.75, 3.05) is 42.9 Å². The molecule has 0 spiro atoms. The molecule has 13 heteroatoms. The van der Waals surface area contributed by atoms with Gasteiger partial charge in [-0.3, -0.25) is 34.1 Å². The van der Waals surface area contributed by atoms with E-state index in [-0.39, 0.29) is 36.1 Å². The zero-order valence-electron chi connectivity index (χ0n) is 28.7. The lowest BCUT2D eigenvalue weighted by molar-refractivity contribution is -0.136. The van der Waals surface area contributed by atoms with Crippen LogP contribution in [0.25, 0.3) is 10.9 Å². The highest BCUT2D eigenvalue weighted by atomic mass is 16.6. The van der Waals surface area contributed by atoms with E-state index in [1.807, 2.05) is 20.8 Å². The molecule has 8 rings (SSSR count). The van der Waals surface area contributed by atoms with Crippen LogP contribution in [0.4, 0.5) is 16.2 Å². The van der Waals surface area contributed by atoms with Crippen LogP contribution in [0.15, 0.2) is 36.4 Å². The minimum Gasteiger partial charge on any atom is -0.444 e. The summed E-state index contributed by atoms with van der Waals surface area (Å²) in [6.45, 7) is 9.02. The number of para-hydroxylation sites is 1. The summed E-state index contributed by atoms with van der Waals surface area (Å²) in [4.78, 5) is 68.2. The van der Waals surface area contributed by atoms with Crippen molar-refractivity contribution in [1.29, 1.82) is 0 Å². The van der Waals surface area contributed by atoms with Crippen LogP contribution in [0.3, 0.4) is 0 Å². The van der Waals surface area contributed by atoms with E-state index in [1.54, 1.807) is 23.1 Å². The molecule has 4 heterocycles. The summed E-state index contributed by atoms with van der Waals surface area (Å²) in [6.07, 6.45) is 4.21. The highest BCUT2D eigenvalue weighted by Crippen LogP contribution is 2.47. The molecule has 50 heavy (non-hydrogen) atoms. The van der Waals surface area contributed by atoms with E-state index in [4.69, 9.17) is 9.84 Å². The molecule has 13 nitrogen and oxygen atoms in total. The third-order valence-electron chi connectivity index (χ3n) is 10.6. The van der Waals surface area contributed by atoms with Gasteiger partial charge in [0.1, 0.15) is 11.6 Å². The molecule has 2 N–H and O–H groups in total. The molecule has 3 aliphatic heterocycles. The molecule has 1 aromatic heterocycles. The van der Waals surface area contributed by atoms with Gasteiger partial charge in [0.05, 0.1) is 34.1 Å². The topological polar surface area (TPSA) is 146 Å². The van der Waals surface area contributed by atoms with Crippen molar-refractivity contribution in [3.63, 3.8) is 0 Å². The second kappa shape index (κ2) is 12.1. The predicted molar refractivity (Wildman–Crippen MR) is 185 cm³/mol. The van der Waals surface area contributed by atoms with Crippen molar-refractivity contribution in [3.05, 3.63) is 53.2 Å². The highest BCUT2D eigenvalue weighted by Gasteiger charge is 2.45. The summed E-state index contributed by atoms with van der Waals surface area (Å²) in [5.74, 6) is -1.11. The minimum atomic E-state index is -0.982. The maximum absolute atomic E-state index is 13.3. The Bertz CT molecular complexity index is 1910. The number of rotatable bonds is 7. The molecule has 1 unspecified atom stereocenters. The number of piperazine rings is 1. The average molecular weight is 682 g/mol. The van der Waals surface area contributed by atoms with Crippen LogP contribution in [0.2, 0.25) is 0 Å². The number of carbonyl (C=O) groups excluding carboxylic acids is 5. The van der Waals surface area contributed by atoms with E-state index in [0.29, 0.717) is 31.5 Å². The highest BCUT2D eigenvalue weighted by molar-refractivity contribution is 6.23. The standard InChI is InChI=1S/C37H43N7O6/c1-37(2,3)50-36(49)42-15-13-41(14-16-42)28-6-4-5-26-31(22-7-8-22)40-44(32(26)28)24-17-21(18-24)20-38-23-9-10-25-27(19-23)35(48)43(34(25)47)29-11-12-30(45)39-33(29)46/h4-6,9-10,19,21-22,24,29,38H,7-8,11-18,20H2,1-3H3,(H,39,45,46). The average Bonchev–Trinajstić information content (AvgIpc) is 3.79. The second-order valence-corrected chi connectivity index (χ2v) is 15.3. The maximum atomic E-state index is 13.3. The van der Waals surface area contributed by atoms with Crippen molar-refractivity contribution in [1.82, 2.24) is 24.9 Å². The number of nitrogens with zero attached hydrogens (tertiary/aromatic N) is 5. The number of aromatic nitrogens is 2. The molecule has 2 aromatic carbocycles. The molecule has 0 radical (unpaired) electrons. The number of anilines is 2. The SMILES string of the molecule is CC(C)(C)OC(=O)N1CCN(c2cccc3c(C4CC4)nn(C4CC(CNc5ccc6c(c5)C(=O)N(C5CCC(=O)NC5=O)C6=O)C4)c23)CC1. The van der Waals surface area contributed by atoms with Crippen LogP contribution in [-0.4, -0.2) is 93.7 Å². The lowest BCUT2D eigenvalue weighted by atomic mass is 9.80. The number of imide groups is 2. The molecular weight excluding hydrogens is 638 g/mol. The summed E-state index contributed by atoms with van der Waals surface area (Å²) in [5, 5.41) is 12.2. The molecule has 2 saturated heterocycles. The van der Waals surface area contributed by atoms with E-state index in [0.717, 1.165) is 42.2 Å². The van der Waals surface area contributed by atoms with Crippen molar-refractivity contribution >= 4 is 52.0 Å². The fraction of sp³-hybridized carbons (Fsp3) is 0.514. The molecule has 262 valence electrons. The number of fused-ring (bicyclic) bond motifs is 2. The predicted octanol–water partition coefficient (Wildman–Crippen LogP) is 4.44. The Labute approximate surface area is 290 Å². The Kier molecular flexibility index (Phi) is 7.83. The number of amides is 5. The smallest absolute Gasteiger partial charge is 0.410 e. The molecule has 5 amide bonds. The fourth-order valence-corrected chi connectivity index (χ4v) is 7.74. The van der Waals surface area contributed by atoms with Crippen molar-refractivity contribution in [2.45, 2.75) is 82.9 Å². The van der Waals surface area contributed by atoms with E-state index < -0.39 is 35.3 Å². The second-order valence-electron chi connectivity index (χ2n) is 15.3. The van der Waals surface area contributed by atoms with E-state index in [1.165, 1.54) is 29.4 Å². The van der Waals surface area contributed by atoms with Gasteiger partial charge in [-0.25, -0.2) is 4.79 Å². The van der Waals surface area contributed by atoms with Gasteiger partial charge in [-0.05, 0) is 83.1 Å². The summed E-state index contributed by atoms with van der Waals surface area (Å²) in [5.41, 5.74) is 4.30. The first-order valence-corrected chi connectivity index (χ1v) is 17.8. The third kappa shape index (κ3) is 5.86. The van der Waals surface area contributed by atoms with Gasteiger partial charge in [-0.2, -0.15) is 5.10 Å². The van der Waals surface area contributed by atoms with E-state index >= 15 is 0 Å². The number of ether oxygens (including phenoxy) is 1. The Balaban J connectivity index is 0.933. The normalized spacial score (nSPS) is 24.0. The van der Waals surface area contributed by atoms with E-state index in [2.05, 4.69) is 38.4 Å². The van der Waals surface area contributed by atoms with Gasteiger partial charge in [0.25, 0.3) is 11.8 Å². The lowest BCUT2D eigenvalue weighted by Crippen LogP contribution is -2.54. The number of carbonyl (C=O) groups is 5. The van der Waals surface area contributed by atoms with Gasteiger partial charge in [0, 0.05) is 56.1 Å². The molecule has 2 saturated carbocycles. The molecule has 4 fully saturated rings. The van der Waals surface area contributed by atoms with Gasteiger partial charge in [0.2, 0.25) is 11.8 Å². The molecule has 2 aliphatic carbocycles. The largest absolute Gasteiger partial charge is 0.444 e. The van der Waals surface area contributed by atoms with Gasteiger partial charge >= 0.3 is 6.09 Å². The van der Waals surface area contributed by atoms with Crippen molar-refractivity contribution < 1.29 is 28.7 Å². The third-order valence-corrected chi connectivity index (χ3v) is 10.6. The van der Waals surface area contributed by atoms with Crippen molar-refractivity contribution in [3.8, 4) is 0 Å². The van der Waals surface area contributed by atoms with Crippen LogP contribution in [0.5, 0.6) is 0 Å². The Morgan fingerprint density at radius 1 is 0.960 bits per heavy atom. The number of piperidine rings is 1. The first-order valence-electron chi connectivity index (χ1n) is 17.8. The number of nitrogens with one attached hydrogen (secondary N) is 2. The van der Waals surface area contributed by atoms with Crippen LogP contribution >= 0.6 is 0 Å². The molecule has 3 aromatic rings. The summed E-state index contributed by atoms with van der Waals surface area (Å²) in [7, 11) is 0. The van der Waals surface area contributed by atoms with Gasteiger partial charge < -0.3 is 19.9 Å². The molecule has 1 atom stereocenters. The van der Waals surface area contributed by atoms with Crippen molar-refractivity contribution in [2.24, 2.45) is 5.92 Å². The zero-order chi connectivity index (χ0) is 34.9. The molecule has 5 aliphatic rings. The molecular formula is C37H43N7O6. The first kappa shape index (κ1) is 32.3. The van der Waals surface area contributed by atoms with Crippen LogP contribution in [-0.2, 0) is 14.3 Å². The Hall–Kier alpha value is -4.94. The fourth-order valence-electron chi connectivity index (χ4n) is 7.74. The quantitative estimate of drug-likeness (QED) is 0.346. The Morgan fingerprint density at radius 3 is 2.40 bits per heavy atom. The van der Waals surface area contributed by atoms with Gasteiger partial charge in [-0.1, -0.05) is 12.1 Å². The van der Waals surface area contributed by atoms with Gasteiger partial charge in [0.15, 0.2) is 0 Å². The van der Waals surface area contributed by atoms with Gasteiger partial charge in [-0.15, -0.1) is 0 Å². The maximum Gasteiger partial charge on any atom is 0.410 e. The summed E-state index contributed by atoms with van der Waals surface area (Å²) >= 11 is 0.